The molecule has 4 nitrogen and oxygen atoms in total. The monoisotopic (exact) mass is 262 g/mol. The van der Waals surface area contributed by atoms with Crippen LogP contribution in [0.1, 0.15) is 52.9 Å². The molecule has 0 spiro atoms. The van der Waals surface area contributed by atoms with Gasteiger partial charge in [0.2, 0.25) is 0 Å². The van der Waals surface area contributed by atoms with E-state index in [0.717, 1.165) is 12.8 Å². The second-order valence-corrected chi connectivity index (χ2v) is 8.84. The van der Waals surface area contributed by atoms with E-state index in [9.17, 15) is 18.3 Å². The Morgan fingerprint density at radius 1 is 1.24 bits per heavy atom. The summed E-state index contributed by atoms with van der Waals surface area (Å²) in [5.41, 5.74) is -0.793. The minimum atomic E-state index is -3.22. The van der Waals surface area contributed by atoms with Gasteiger partial charge in [-0.25, -0.2) is 8.42 Å². The van der Waals surface area contributed by atoms with Gasteiger partial charge in [-0.3, -0.25) is 4.79 Å². The van der Waals surface area contributed by atoms with Crippen LogP contribution in [-0.4, -0.2) is 30.0 Å². The predicted molar refractivity (Wildman–Crippen MR) is 66.7 cm³/mol. The number of carboxylic acid groups (broad SMARTS) is 1. The Morgan fingerprint density at radius 2 is 1.71 bits per heavy atom. The maximum absolute atomic E-state index is 12.0. The Balaban J connectivity index is 2.76. The minimum Gasteiger partial charge on any atom is -0.481 e. The normalized spacial score (nSPS) is 20.4. The van der Waals surface area contributed by atoms with Gasteiger partial charge >= 0.3 is 5.97 Å². The quantitative estimate of drug-likeness (QED) is 0.843. The molecule has 0 amide bonds. The SMILES string of the molecule is CC(C)(C)S(=O)(=O)CCC1(C(=O)O)CCCC1. The van der Waals surface area contributed by atoms with Gasteiger partial charge in [-0.05, 0) is 40.0 Å². The first-order valence-electron chi connectivity index (χ1n) is 6.06. The average molecular weight is 262 g/mol. The fourth-order valence-corrected chi connectivity index (χ4v) is 3.53. The second-order valence-electron chi connectivity index (χ2n) is 5.97. The standard InChI is InChI=1S/C12H22O4S/c1-11(2,3)17(15,16)9-8-12(10(13)14)6-4-5-7-12/h4-9H2,1-3H3,(H,13,14). The van der Waals surface area contributed by atoms with Gasteiger partial charge in [0.25, 0.3) is 0 Å². The zero-order valence-corrected chi connectivity index (χ0v) is 11.6. The molecule has 0 saturated heterocycles. The van der Waals surface area contributed by atoms with Crippen LogP contribution in [-0.2, 0) is 14.6 Å². The molecule has 1 N–H and O–H groups in total. The summed E-state index contributed by atoms with van der Waals surface area (Å²) in [4.78, 5) is 11.3. The van der Waals surface area contributed by atoms with Crippen molar-refractivity contribution in [3.8, 4) is 0 Å². The Kier molecular flexibility index (Phi) is 3.91. The lowest BCUT2D eigenvalue weighted by Gasteiger charge is -2.26. The topological polar surface area (TPSA) is 71.4 Å². The van der Waals surface area contributed by atoms with E-state index >= 15 is 0 Å². The number of aliphatic carboxylic acids is 1. The molecule has 0 aromatic heterocycles. The van der Waals surface area contributed by atoms with Crippen LogP contribution in [0.5, 0.6) is 0 Å². The lowest BCUT2D eigenvalue weighted by Crippen LogP contribution is -2.35. The van der Waals surface area contributed by atoms with Crippen LogP contribution in [0.2, 0.25) is 0 Å². The molecule has 1 fully saturated rings. The molecule has 0 bridgehead atoms. The van der Waals surface area contributed by atoms with E-state index in [2.05, 4.69) is 0 Å². The molecule has 0 aromatic carbocycles. The first-order chi connectivity index (χ1) is 7.61. The zero-order chi connectivity index (χ0) is 13.3. The summed E-state index contributed by atoms with van der Waals surface area (Å²) in [6.07, 6.45) is 3.26. The van der Waals surface area contributed by atoms with Crippen molar-refractivity contribution in [2.45, 2.75) is 57.6 Å². The molecule has 0 atom stereocenters. The summed E-state index contributed by atoms with van der Waals surface area (Å²) in [5, 5.41) is 9.27. The highest BCUT2D eigenvalue weighted by atomic mass is 32.2. The van der Waals surface area contributed by atoms with Crippen LogP contribution in [0.4, 0.5) is 0 Å². The Bertz CT molecular complexity index is 383. The summed E-state index contributed by atoms with van der Waals surface area (Å²) in [6.45, 7) is 4.97. The third-order valence-corrected chi connectivity index (χ3v) is 6.40. The van der Waals surface area contributed by atoms with Gasteiger partial charge in [-0.2, -0.15) is 0 Å². The number of rotatable bonds is 4. The Labute approximate surface area is 103 Å². The third-order valence-electron chi connectivity index (χ3n) is 3.80. The predicted octanol–water partition coefficient (Wildman–Crippen LogP) is 2.23. The Hall–Kier alpha value is -0.580. The molecule has 0 unspecified atom stereocenters. The first-order valence-corrected chi connectivity index (χ1v) is 7.72. The molecule has 0 aromatic rings. The number of sulfone groups is 1. The minimum absolute atomic E-state index is 0.0250. The average Bonchev–Trinajstić information content (AvgIpc) is 2.62. The molecule has 1 rings (SSSR count). The lowest BCUT2D eigenvalue weighted by atomic mass is 9.84. The van der Waals surface area contributed by atoms with Crippen LogP contribution >= 0.6 is 0 Å². The molecular formula is C12H22O4S. The van der Waals surface area contributed by atoms with Crippen LogP contribution in [0.3, 0.4) is 0 Å². The largest absolute Gasteiger partial charge is 0.481 e. The first kappa shape index (κ1) is 14.5. The molecular weight excluding hydrogens is 240 g/mol. The van der Waals surface area contributed by atoms with E-state index < -0.39 is 26.0 Å². The maximum Gasteiger partial charge on any atom is 0.309 e. The zero-order valence-electron chi connectivity index (χ0n) is 10.8. The highest BCUT2D eigenvalue weighted by molar-refractivity contribution is 7.92. The highest BCUT2D eigenvalue weighted by Gasteiger charge is 2.43. The van der Waals surface area contributed by atoms with E-state index in [4.69, 9.17) is 0 Å². The van der Waals surface area contributed by atoms with Gasteiger partial charge in [0.15, 0.2) is 9.84 Å². The molecule has 1 aliphatic rings. The van der Waals surface area contributed by atoms with Crippen molar-refractivity contribution in [1.82, 2.24) is 0 Å². The molecule has 1 aliphatic carbocycles. The van der Waals surface area contributed by atoms with E-state index in [1.54, 1.807) is 20.8 Å². The van der Waals surface area contributed by atoms with Crippen molar-refractivity contribution in [2.75, 3.05) is 5.75 Å². The fourth-order valence-electron chi connectivity index (χ4n) is 2.26. The van der Waals surface area contributed by atoms with Crippen molar-refractivity contribution in [1.29, 1.82) is 0 Å². The van der Waals surface area contributed by atoms with E-state index in [-0.39, 0.29) is 12.2 Å². The lowest BCUT2D eigenvalue weighted by molar-refractivity contribution is -0.148. The molecule has 0 radical (unpaired) electrons. The van der Waals surface area contributed by atoms with Crippen molar-refractivity contribution >= 4 is 15.8 Å². The van der Waals surface area contributed by atoms with E-state index in [0.29, 0.717) is 12.8 Å². The van der Waals surface area contributed by atoms with Crippen LogP contribution in [0.25, 0.3) is 0 Å². The summed E-state index contributed by atoms with van der Waals surface area (Å²) in [7, 11) is -3.22. The number of carboxylic acids is 1. The number of hydrogen-bond donors (Lipinski definition) is 1. The molecule has 100 valence electrons. The van der Waals surface area contributed by atoms with Crippen LogP contribution in [0.15, 0.2) is 0 Å². The maximum atomic E-state index is 12.0. The van der Waals surface area contributed by atoms with Gasteiger partial charge < -0.3 is 5.11 Å². The Morgan fingerprint density at radius 3 is 2.06 bits per heavy atom. The molecule has 0 aliphatic heterocycles. The summed E-state index contributed by atoms with van der Waals surface area (Å²) in [6, 6.07) is 0. The van der Waals surface area contributed by atoms with Gasteiger partial charge in [-0.1, -0.05) is 12.8 Å². The molecule has 1 saturated carbocycles. The van der Waals surface area contributed by atoms with E-state index in [1.807, 2.05) is 0 Å². The van der Waals surface area contributed by atoms with Gasteiger partial charge in [0, 0.05) is 0 Å². The third kappa shape index (κ3) is 3.00. The van der Waals surface area contributed by atoms with Gasteiger partial charge in [0.1, 0.15) is 0 Å². The van der Waals surface area contributed by atoms with Crippen molar-refractivity contribution < 1.29 is 18.3 Å². The summed E-state index contributed by atoms with van der Waals surface area (Å²) >= 11 is 0. The molecule has 17 heavy (non-hydrogen) atoms. The van der Waals surface area contributed by atoms with Crippen LogP contribution in [0, 0.1) is 5.41 Å². The van der Waals surface area contributed by atoms with E-state index in [1.165, 1.54) is 0 Å². The van der Waals surface area contributed by atoms with Crippen molar-refractivity contribution in [3.05, 3.63) is 0 Å². The second kappa shape index (κ2) is 4.59. The van der Waals surface area contributed by atoms with Crippen molar-refractivity contribution in [3.63, 3.8) is 0 Å². The number of carbonyl (C=O) groups is 1. The summed E-state index contributed by atoms with van der Waals surface area (Å²) < 4.78 is 23.2. The highest BCUT2D eigenvalue weighted by Crippen LogP contribution is 2.42. The fraction of sp³-hybridized carbons (Fsp3) is 0.917. The smallest absolute Gasteiger partial charge is 0.309 e. The van der Waals surface area contributed by atoms with Crippen molar-refractivity contribution in [2.24, 2.45) is 5.41 Å². The summed E-state index contributed by atoms with van der Waals surface area (Å²) in [5.74, 6) is -0.859. The molecule has 5 heteroatoms. The number of hydrogen-bond acceptors (Lipinski definition) is 3. The van der Waals surface area contributed by atoms with Crippen LogP contribution < -0.4 is 0 Å². The van der Waals surface area contributed by atoms with Gasteiger partial charge in [0.05, 0.1) is 15.9 Å². The molecule has 0 heterocycles. The van der Waals surface area contributed by atoms with Gasteiger partial charge in [-0.15, -0.1) is 0 Å².